The number of cyclic esters (lactones) is 1. The highest BCUT2D eigenvalue weighted by Crippen LogP contribution is 2.37. The summed E-state index contributed by atoms with van der Waals surface area (Å²) < 4.78 is 12.3. The van der Waals surface area contributed by atoms with Crippen molar-refractivity contribution in [2.24, 2.45) is 35.5 Å². The van der Waals surface area contributed by atoms with Gasteiger partial charge >= 0.3 is 5.97 Å². The van der Waals surface area contributed by atoms with Crippen LogP contribution in [0.3, 0.4) is 0 Å². The first-order valence-electron chi connectivity index (χ1n) is 22.5. The zero-order chi connectivity index (χ0) is 44.3. The molecule has 1 saturated carbocycles. The minimum atomic E-state index is -2.36. The Morgan fingerprint density at radius 2 is 1.57 bits per heavy atom. The Hall–Kier alpha value is -3.29. The first-order valence-corrected chi connectivity index (χ1v) is 22.5. The Balaban J connectivity index is 1.63. The number of esters is 1. The number of carbonyl (C=O) groups excluding carboxylic acids is 5. The molecule has 0 aromatic heterocycles. The number of ketones is 3. The van der Waals surface area contributed by atoms with Gasteiger partial charge in [0.1, 0.15) is 23.7 Å². The summed E-state index contributed by atoms with van der Waals surface area (Å²) >= 11 is 0. The van der Waals surface area contributed by atoms with E-state index in [0.717, 1.165) is 5.57 Å². The number of allylic oxidation sites excluding steroid dienone is 7. The molecule has 0 aromatic carbocycles. The number of aliphatic hydroxyl groups excluding tert-OH is 3. The lowest BCUT2D eigenvalue weighted by molar-refractivity contribution is -0.263. The maximum Gasteiger partial charge on any atom is 0.329 e. The molecule has 60 heavy (non-hydrogen) atoms. The quantitative estimate of drug-likeness (QED) is 0.142. The normalized spacial score (nSPS) is 40.3. The van der Waals surface area contributed by atoms with Crippen molar-refractivity contribution in [2.75, 3.05) is 6.54 Å². The molecule has 0 spiro atoms. The number of Topliss-reactive ketones (excluding diaryl/α,β-unsaturated/α-hetero) is 3. The van der Waals surface area contributed by atoms with Crippen molar-refractivity contribution in [1.29, 1.82) is 0 Å². The maximum atomic E-state index is 14.2. The molecule has 12 heteroatoms. The second kappa shape index (κ2) is 22.7. The number of amides is 1. The average Bonchev–Trinajstić information content (AvgIpc) is 3.21. The number of hydrogen-bond acceptors (Lipinski definition) is 11. The van der Waals surface area contributed by atoms with E-state index >= 15 is 0 Å². The fraction of sp³-hybridized carbons (Fsp3) is 0.729. The van der Waals surface area contributed by atoms with Crippen LogP contribution in [0.5, 0.6) is 0 Å². The average molecular weight is 840 g/mol. The number of aliphatic hydroxyl groups is 4. The summed E-state index contributed by atoms with van der Waals surface area (Å²) in [4.78, 5) is 70.5. The van der Waals surface area contributed by atoms with E-state index in [1.807, 2.05) is 58.1 Å². The van der Waals surface area contributed by atoms with E-state index in [1.54, 1.807) is 26.8 Å². The predicted molar refractivity (Wildman–Crippen MR) is 228 cm³/mol. The van der Waals surface area contributed by atoms with Gasteiger partial charge in [-0.1, -0.05) is 76.6 Å². The predicted octanol–water partition coefficient (Wildman–Crippen LogP) is 6.28. The first-order chi connectivity index (χ1) is 28.3. The molecule has 1 amide bonds. The lowest BCUT2D eigenvalue weighted by Gasteiger charge is -2.42. The molecule has 2 bridgehead atoms. The van der Waals surface area contributed by atoms with Crippen LogP contribution in [0.2, 0.25) is 0 Å². The largest absolute Gasteiger partial charge is 0.460 e. The minimum absolute atomic E-state index is 0.0136. The van der Waals surface area contributed by atoms with Gasteiger partial charge in [-0.15, -0.1) is 0 Å². The van der Waals surface area contributed by atoms with Crippen molar-refractivity contribution in [3.8, 4) is 0 Å². The highest BCUT2D eigenvalue weighted by atomic mass is 16.6. The molecular weight excluding hydrogens is 767 g/mol. The molecule has 4 N–H and O–H groups in total. The van der Waals surface area contributed by atoms with E-state index < -0.39 is 71.8 Å². The summed E-state index contributed by atoms with van der Waals surface area (Å²) in [5.74, 6) is -7.38. The van der Waals surface area contributed by atoms with Gasteiger partial charge in [0.15, 0.2) is 0 Å². The summed E-state index contributed by atoms with van der Waals surface area (Å²) in [5, 5.41) is 43.3. The first kappa shape index (κ1) is 49.4. The molecule has 1 aliphatic carbocycles. The van der Waals surface area contributed by atoms with Crippen LogP contribution in [0.15, 0.2) is 47.6 Å². The van der Waals surface area contributed by atoms with Crippen molar-refractivity contribution in [1.82, 2.24) is 4.90 Å². The van der Waals surface area contributed by atoms with Crippen molar-refractivity contribution in [2.45, 2.75) is 181 Å². The van der Waals surface area contributed by atoms with Gasteiger partial charge in [0.2, 0.25) is 5.79 Å². The van der Waals surface area contributed by atoms with Crippen LogP contribution in [0.4, 0.5) is 0 Å². The lowest BCUT2D eigenvalue weighted by atomic mass is 9.78. The third-order valence-electron chi connectivity index (χ3n) is 13.5. The fourth-order valence-corrected chi connectivity index (χ4v) is 9.25. The van der Waals surface area contributed by atoms with Crippen LogP contribution in [0.25, 0.3) is 0 Å². The molecule has 4 rings (SSSR count). The van der Waals surface area contributed by atoms with Gasteiger partial charge in [0, 0.05) is 37.1 Å². The SMILES string of the molecule is C\C1=C/C=C/C=C/[C@@H](C)C[C@@H](C)C(=O)CC(O)/C(C)=C/[C@@H](C)C(=O)C[C@@H]([C@H](C)C[C@@H]2CCC(O)[C@H](O)C2)OC(=O)[C@@H]2CCCCN2C(=O)C(=O)[C@]2(O)O[C@H](CC1)CC[C@H]2C. The molecule has 3 heterocycles. The third kappa shape index (κ3) is 13.6. The van der Waals surface area contributed by atoms with Crippen LogP contribution in [-0.2, 0) is 33.4 Å². The van der Waals surface area contributed by atoms with E-state index in [-0.39, 0.29) is 61.0 Å². The summed E-state index contributed by atoms with van der Waals surface area (Å²) in [7, 11) is 0. The molecule has 3 fully saturated rings. The smallest absolute Gasteiger partial charge is 0.329 e. The Morgan fingerprint density at radius 1 is 0.833 bits per heavy atom. The van der Waals surface area contributed by atoms with Gasteiger partial charge in [-0.05, 0) is 114 Å². The van der Waals surface area contributed by atoms with Crippen LogP contribution in [0, 0.1) is 35.5 Å². The molecule has 2 unspecified atom stereocenters. The van der Waals surface area contributed by atoms with Crippen molar-refractivity contribution in [3.05, 3.63) is 47.6 Å². The van der Waals surface area contributed by atoms with Crippen molar-refractivity contribution in [3.63, 3.8) is 0 Å². The molecule has 12 nitrogen and oxygen atoms in total. The van der Waals surface area contributed by atoms with Crippen LogP contribution < -0.4 is 0 Å². The zero-order valence-electron chi connectivity index (χ0n) is 37.1. The molecular formula is C48H73NO11. The molecule has 13 atom stereocenters. The fourth-order valence-electron chi connectivity index (χ4n) is 9.25. The van der Waals surface area contributed by atoms with Crippen LogP contribution in [-0.4, -0.2) is 103 Å². The molecule has 336 valence electrons. The summed E-state index contributed by atoms with van der Waals surface area (Å²) in [5.41, 5.74) is 1.56. The zero-order valence-corrected chi connectivity index (χ0v) is 37.1. The highest BCUT2D eigenvalue weighted by Gasteiger charge is 2.52. The maximum absolute atomic E-state index is 14.2. The van der Waals surface area contributed by atoms with E-state index in [1.165, 1.54) is 4.90 Å². The number of fused-ring (bicyclic) bond motifs is 3. The second-order valence-corrected chi connectivity index (χ2v) is 18.7. The van der Waals surface area contributed by atoms with Crippen LogP contribution >= 0.6 is 0 Å². The standard InChI is InChI=1S/C48H73NO11/c1-29-13-9-8-10-14-30(2)23-31(3)40(51)27-41(52)32(4)24-33(5)42(53)28-44(34(6)25-36-18-21-39(50)43(54)26-36)59-47(57)38-15-11-12-22-49(38)46(56)45(55)48(58)35(7)17-20-37(60-48)19-16-29/h8-10,13-14,24,30-31,33-39,41,43-44,50,52,54,58H,11-12,15-23,25-28H2,1-7H3/b9-8+,14-10+,29-13+,32-24+/t30-,31-,33-,34-,35-,36+,37-,38+,39?,41?,43-,44+,48-/m1/s1. The lowest BCUT2D eigenvalue weighted by Crippen LogP contribution is -2.60. The van der Waals surface area contributed by atoms with E-state index in [9.17, 15) is 44.4 Å². The Morgan fingerprint density at radius 3 is 2.28 bits per heavy atom. The van der Waals surface area contributed by atoms with Gasteiger partial charge in [-0.25, -0.2) is 4.79 Å². The molecule has 4 aliphatic rings. The molecule has 0 aromatic rings. The van der Waals surface area contributed by atoms with E-state index in [4.69, 9.17) is 9.47 Å². The van der Waals surface area contributed by atoms with Gasteiger partial charge in [0.05, 0.1) is 24.4 Å². The Labute approximate surface area is 357 Å². The number of hydrogen-bond donors (Lipinski definition) is 4. The monoisotopic (exact) mass is 840 g/mol. The molecule has 3 aliphatic heterocycles. The Kier molecular flexibility index (Phi) is 18.7. The number of rotatable bonds is 3. The highest BCUT2D eigenvalue weighted by molar-refractivity contribution is 6.39. The van der Waals surface area contributed by atoms with Crippen LogP contribution in [0.1, 0.15) is 138 Å². The van der Waals surface area contributed by atoms with E-state index in [2.05, 4.69) is 0 Å². The number of piperidine rings is 1. The molecule has 2 saturated heterocycles. The van der Waals surface area contributed by atoms with Gasteiger partial charge in [0.25, 0.3) is 11.7 Å². The van der Waals surface area contributed by atoms with Crippen molar-refractivity contribution < 1.29 is 53.9 Å². The Bertz CT molecular complexity index is 1630. The van der Waals surface area contributed by atoms with Crippen molar-refractivity contribution >= 4 is 29.2 Å². The number of nitrogens with zero attached hydrogens (tertiary/aromatic N) is 1. The van der Waals surface area contributed by atoms with E-state index in [0.29, 0.717) is 76.2 Å². The minimum Gasteiger partial charge on any atom is -0.460 e. The van der Waals surface area contributed by atoms with Gasteiger partial charge < -0.3 is 34.8 Å². The third-order valence-corrected chi connectivity index (χ3v) is 13.5. The second-order valence-electron chi connectivity index (χ2n) is 18.7. The van der Waals surface area contributed by atoms with Gasteiger partial charge in [-0.3, -0.25) is 19.2 Å². The summed E-state index contributed by atoms with van der Waals surface area (Å²) in [6, 6.07) is -1.12. The summed E-state index contributed by atoms with van der Waals surface area (Å²) in [6.07, 6.45) is 13.3. The summed E-state index contributed by atoms with van der Waals surface area (Å²) in [6.45, 7) is 12.9. The number of ether oxygens (including phenoxy) is 2. The topological polar surface area (TPSA) is 188 Å². The molecule has 0 radical (unpaired) electrons. The number of carbonyl (C=O) groups is 5. The van der Waals surface area contributed by atoms with Gasteiger partial charge in [-0.2, -0.15) is 0 Å².